The summed E-state index contributed by atoms with van der Waals surface area (Å²) >= 11 is 8.32. The van der Waals surface area contributed by atoms with Crippen molar-refractivity contribution in [3.8, 4) is 0 Å². The van der Waals surface area contributed by atoms with E-state index in [9.17, 15) is 17.2 Å². The fourth-order valence-corrected chi connectivity index (χ4v) is 2.35. The second-order valence-corrected chi connectivity index (χ2v) is 6.08. The molecule has 0 aromatic carbocycles. The molecule has 0 saturated heterocycles. The summed E-state index contributed by atoms with van der Waals surface area (Å²) in [7, 11) is 0.664. The van der Waals surface area contributed by atoms with Crippen LogP contribution in [0.15, 0.2) is 15.6 Å². The Balaban J connectivity index is 3.56. The standard InChI is InChI=1S/C6H2BrCl2F2NO2S/c7-5-2(8)1-3(15(9,13)14)4(12-5)6(10)11/h1,6H. The zero-order valence-electron chi connectivity index (χ0n) is 6.72. The highest BCUT2D eigenvalue weighted by Gasteiger charge is 2.25. The van der Waals surface area contributed by atoms with Gasteiger partial charge in [0.25, 0.3) is 15.5 Å². The lowest BCUT2D eigenvalue weighted by atomic mass is 10.3. The Bertz CT molecular complexity index is 494. The highest BCUT2D eigenvalue weighted by molar-refractivity contribution is 9.10. The Kier molecular flexibility index (Phi) is 3.91. The highest BCUT2D eigenvalue weighted by atomic mass is 79.9. The molecule has 0 amide bonds. The molecule has 1 aromatic rings. The smallest absolute Gasteiger partial charge is 0.237 e. The number of halogens is 5. The first-order chi connectivity index (χ1) is 6.73. The van der Waals surface area contributed by atoms with E-state index in [0.717, 1.165) is 6.07 Å². The van der Waals surface area contributed by atoms with Gasteiger partial charge in [-0.25, -0.2) is 22.2 Å². The maximum absolute atomic E-state index is 12.4. The van der Waals surface area contributed by atoms with E-state index in [-0.39, 0.29) is 9.63 Å². The lowest BCUT2D eigenvalue weighted by molar-refractivity contribution is 0.142. The maximum Gasteiger partial charge on any atom is 0.281 e. The van der Waals surface area contributed by atoms with E-state index < -0.39 is 26.1 Å². The molecule has 0 aliphatic carbocycles. The number of hydrogen-bond acceptors (Lipinski definition) is 3. The van der Waals surface area contributed by atoms with Crippen LogP contribution in [0.5, 0.6) is 0 Å². The summed E-state index contributed by atoms with van der Waals surface area (Å²) in [5, 5.41) is -0.112. The third kappa shape index (κ3) is 2.99. The van der Waals surface area contributed by atoms with Gasteiger partial charge in [0, 0.05) is 10.7 Å². The van der Waals surface area contributed by atoms with Gasteiger partial charge in [0.1, 0.15) is 15.2 Å². The average molecular weight is 341 g/mol. The molecule has 0 bridgehead atoms. The third-order valence-corrected chi connectivity index (χ3v) is 3.87. The molecule has 0 aliphatic rings. The molecule has 1 rings (SSSR count). The Morgan fingerprint density at radius 2 is 2.00 bits per heavy atom. The number of rotatable bonds is 2. The lowest BCUT2D eigenvalue weighted by Crippen LogP contribution is -2.02. The van der Waals surface area contributed by atoms with E-state index in [1.165, 1.54) is 0 Å². The molecule has 0 atom stereocenters. The van der Waals surface area contributed by atoms with Crippen molar-refractivity contribution in [3.63, 3.8) is 0 Å². The van der Waals surface area contributed by atoms with Crippen LogP contribution in [0.3, 0.4) is 0 Å². The fraction of sp³-hybridized carbons (Fsp3) is 0.167. The van der Waals surface area contributed by atoms with Crippen LogP contribution in [0.25, 0.3) is 0 Å². The molecule has 0 radical (unpaired) electrons. The molecule has 84 valence electrons. The van der Waals surface area contributed by atoms with Crippen LogP contribution in [0.2, 0.25) is 5.02 Å². The second kappa shape index (κ2) is 4.48. The average Bonchev–Trinajstić information content (AvgIpc) is 2.06. The number of nitrogens with zero attached hydrogens (tertiary/aromatic N) is 1. The summed E-state index contributed by atoms with van der Waals surface area (Å²) in [6, 6.07) is 0.822. The number of pyridine rings is 1. The molecule has 0 N–H and O–H groups in total. The largest absolute Gasteiger partial charge is 0.281 e. The molecule has 9 heteroatoms. The number of aromatic nitrogens is 1. The van der Waals surface area contributed by atoms with E-state index >= 15 is 0 Å². The maximum atomic E-state index is 12.4. The van der Waals surface area contributed by atoms with E-state index in [1.54, 1.807) is 0 Å². The number of alkyl halides is 2. The van der Waals surface area contributed by atoms with Gasteiger partial charge in [-0.1, -0.05) is 11.6 Å². The summed E-state index contributed by atoms with van der Waals surface area (Å²) in [4.78, 5) is 2.52. The van der Waals surface area contributed by atoms with E-state index in [4.69, 9.17) is 22.3 Å². The normalized spacial score (nSPS) is 12.1. The van der Waals surface area contributed by atoms with Gasteiger partial charge >= 0.3 is 0 Å². The van der Waals surface area contributed by atoms with Gasteiger partial charge < -0.3 is 0 Å². The van der Waals surface area contributed by atoms with Crippen LogP contribution in [-0.4, -0.2) is 13.4 Å². The quantitative estimate of drug-likeness (QED) is 0.612. The van der Waals surface area contributed by atoms with Crippen molar-refractivity contribution in [2.75, 3.05) is 0 Å². The van der Waals surface area contributed by atoms with Gasteiger partial charge in [0.15, 0.2) is 0 Å². The van der Waals surface area contributed by atoms with Gasteiger partial charge in [-0.2, -0.15) is 0 Å². The summed E-state index contributed by atoms with van der Waals surface area (Å²) in [6.45, 7) is 0. The molecule has 0 saturated carbocycles. The minimum atomic E-state index is -4.29. The summed E-state index contributed by atoms with van der Waals surface area (Å²) < 4.78 is 46.7. The topological polar surface area (TPSA) is 47.0 Å². The molecule has 15 heavy (non-hydrogen) atoms. The monoisotopic (exact) mass is 339 g/mol. The van der Waals surface area contributed by atoms with Crippen LogP contribution in [0.1, 0.15) is 12.1 Å². The third-order valence-electron chi connectivity index (χ3n) is 1.40. The molecule has 1 heterocycles. The Hall–Kier alpha value is 0.0200. The van der Waals surface area contributed by atoms with Crippen LogP contribution in [0, 0.1) is 0 Å². The van der Waals surface area contributed by atoms with Crippen molar-refractivity contribution in [2.45, 2.75) is 11.3 Å². The van der Waals surface area contributed by atoms with Crippen molar-refractivity contribution in [3.05, 3.63) is 21.4 Å². The van der Waals surface area contributed by atoms with Crippen molar-refractivity contribution < 1.29 is 17.2 Å². The highest BCUT2D eigenvalue weighted by Crippen LogP contribution is 2.32. The van der Waals surface area contributed by atoms with Crippen molar-refractivity contribution >= 4 is 47.3 Å². The predicted molar refractivity (Wildman–Crippen MR) is 54.9 cm³/mol. The fourth-order valence-electron chi connectivity index (χ4n) is 0.814. The first-order valence-corrected chi connectivity index (χ1v) is 6.80. The number of hydrogen-bond donors (Lipinski definition) is 0. The first kappa shape index (κ1) is 13.1. The van der Waals surface area contributed by atoms with Gasteiger partial charge in [-0.3, -0.25) is 0 Å². The zero-order valence-corrected chi connectivity index (χ0v) is 10.6. The summed E-state index contributed by atoms with van der Waals surface area (Å²) in [5.74, 6) is 0. The van der Waals surface area contributed by atoms with Crippen LogP contribution < -0.4 is 0 Å². The summed E-state index contributed by atoms with van der Waals surface area (Å²) in [6.07, 6.45) is -3.05. The van der Waals surface area contributed by atoms with Crippen LogP contribution in [0.4, 0.5) is 8.78 Å². The molecule has 1 aromatic heterocycles. The SMILES string of the molecule is O=S(=O)(Cl)c1cc(Cl)c(Br)nc1C(F)F. The van der Waals surface area contributed by atoms with Crippen molar-refractivity contribution in [1.82, 2.24) is 4.98 Å². The van der Waals surface area contributed by atoms with Gasteiger partial charge in [0.05, 0.1) is 5.02 Å². The Morgan fingerprint density at radius 3 is 2.40 bits per heavy atom. The van der Waals surface area contributed by atoms with Crippen LogP contribution >= 0.6 is 38.2 Å². The molecule has 0 fully saturated rings. The first-order valence-electron chi connectivity index (χ1n) is 3.32. The van der Waals surface area contributed by atoms with Gasteiger partial charge in [-0.05, 0) is 22.0 Å². The minimum absolute atomic E-state index is 0.0662. The van der Waals surface area contributed by atoms with Crippen LogP contribution in [-0.2, 0) is 9.05 Å². The van der Waals surface area contributed by atoms with E-state index in [0.29, 0.717) is 0 Å². The minimum Gasteiger partial charge on any atom is -0.237 e. The zero-order chi connectivity index (χ0) is 11.8. The lowest BCUT2D eigenvalue weighted by Gasteiger charge is -2.06. The predicted octanol–water partition coefficient (Wildman–Crippen LogP) is 3.36. The van der Waals surface area contributed by atoms with Crippen molar-refractivity contribution in [2.24, 2.45) is 0 Å². The van der Waals surface area contributed by atoms with Crippen molar-refractivity contribution in [1.29, 1.82) is 0 Å². The molecular formula is C6H2BrCl2F2NO2S. The Labute approximate surface area is 102 Å². The molecular weight excluding hydrogens is 339 g/mol. The van der Waals surface area contributed by atoms with E-state index in [1.807, 2.05) is 0 Å². The van der Waals surface area contributed by atoms with E-state index in [2.05, 4.69) is 20.9 Å². The molecule has 3 nitrogen and oxygen atoms in total. The summed E-state index contributed by atoms with van der Waals surface area (Å²) in [5.41, 5.74) is -0.929. The molecule has 0 aliphatic heterocycles. The molecule has 0 spiro atoms. The van der Waals surface area contributed by atoms with Gasteiger partial charge in [-0.15, -0.1) is 0 Å². The van der Waals surface area contributed by atoms with Gasteiger partial charge in [0.2, 0.25) is 0 Å². The Morgan fingerprint density at radius 1 is 1.47 bits per heavy atom. The molecule has 0 unspecified atom stereocenters. The second-order valence-electron chi connectivity index (χ2n) is 2.38.